The molecule has 0 aliphatic carbocycles. The van der Waals surface area contributed by atoms with E-state index in [4.69, 9.17) is 5.73 Å². The van der Waals surface area contributed by atoms with Crippen molar-refractivity contribution >= 4 is 5.91 Å². The highest BCUT2D eigenvalue weighted by atomic mass is 16.2. The number of nitrogens with zero attached hydrogens (tertiary/aromatic N) is 2. The summed E-state index contributed by atoms with van der Waals surface area (Å²) in [6.07, 6.45) is 4.22. The Morgan fingerprint density at radius 2 is 2.11 bits per heavy atom. The van der Waals surface area contributed by atoms with Gasteiger partial charge in [-0.1, -0.05) is 13.3 Å². The molecule has 0 bridgehead atoms. The van der Waals surface area contributed by atoms with Gasteiger partial charge in [-0.2, -0.15) is 0 Å². The van der Waals surface area contributed by atoms with Crippen molar-refractivity contribution in [1.29, 1.82) is 0 Å². The molecule has 1 fully saturated rings. The van der Waals surface area contributed by atoms with Gasteiger partial charge in [-0.15, -0.1) is 0 Å². The highest BCUT2D eigenvalue weighted by Crippen LogP contribution is 2.17. The molecular formula is C15H31N3O. The van der Waals surface area contributed by atoms with Crippen LogP contribution in [0.25, 0.3) is 0 Å². The van der Waals surface area contributed by atoms with Crippen LogP contribution in [-0.4, -0.2) is 55.5 Å². The third-order valence-corrected chi connectivity index (χ3v) is 4.12. The van der Waals surface area contributed by atoms with E-state index in [2.05, 4.69) is 11.9 Å². The molecule has 112 valence electrons. The molecule has 1 aliphatic heterocycles. The molecule has 1 rings (SSSR count). The van der Waals surface area contributed by atoms with E-state index in [1.807, 2.05) is 25.8 Å². The first kappa shape index (κ1) is 16.4. The maximum Gasteiger partial charge on any atom is 0.225 e. The van der Waals surface area contributed by atoms with Crippen molar-refractivity contribution in [2.75, 3.05) is 33.7 Å². The number of carbonyl (C=O) groups excluding carboxylic acids is 1. The van der Waals surface area contributed by atoms with Crippen LogP contribution in [0.1, 0.15) is 39.5 Å². The smallest absolute Gasteiger partial charge is 0.225 e. The molecule has 0 saturated carbocycles. The first-order valence-corrected chi connectivity index (χ1v) is 7.59. The molecule has 1 amide bonds. The number of amides is 1. The van der Waals surface area contributed by atoms with Crippen LogP contribution in [0, 0.1) is 11.8 Å². The second-order valence-corrected chi connectivity index (χ2v) is 6.44. The third-order valence-electron chi connectivity index (χ3n) is 4.12. The second-order valence-electron chi connectivity index (χ2n) is 6.44. The van der Waals surface area contributed by atoms with Crippen molar-refractivity contribution < 1.29 is 4.79 Å². The number of carbonyl (C=O) groups is 1. The van der Waals surface area contributed by atoms with Crippen LogP contribution >= 0.6 is 0 Å². The fourth-order valence-corrected chi connectivity index (χ4v) is 2.90. The fraction of sp³-hybridized carbons (Fsp3) is 0.933. The van der Waals surface area contributed by atoms with Gasteiger partial charge >= 0.3 is 0 Å². The van der Waals surface area contributed by atoms with Crippen molar-refractivity contribution in [3.05, 3.63) is 0 Å². The maximum absolute atomic E-state index is 12.3. The van der Waals surface area contributed by atoms with Crippen molar-refractivity contribution in [2.45, 2.75) is 45.6 Å². The van der Waals surface area contributed by atoms with Crippen molar-refractivity contribution in [1.82, 2.24) is 9.80 Å². The highest BCUT2D eigenvalue weighted by molar-refractivity contribution is 5.78. The van der Waals surface area contributed by atoms with Crippen molar-refractivity contribution in [3.63, 3.8) is 0 Å². The van der Waals surface area contributed by atoms with E-state index in [0.29, 0.717) is 11.8 Å². The molecule has 19 heavy (non-hydrogen) atoms. The molecule has 2 N–H and O–H groups in total. The van der Waals surface area contributed by atoms with Gasteiger partial charge in [0.05, 0.1) is 0 Å². The summed E-state index contributed by atoms with van der Waals surface area (Å²) in [5.74, 6) is 1.07. The van der Waals surface area contributed by atoms with Crippen LogP contribution < -0.4 is 5.73 Å². The SMILES string of the molecule is CC(N)CCCC(C)C(=O)N(C)CC1CCN(C)C1. The van der Waals surface area contributed by atoms with Gasteiger partial charge in [-0.25, -0.2) is 0 Å². The lowest BCUT2D eigenvalue weighted by atomic mass is 10.00. The Morgan fingerprint density at radius 3 is 2.63 bits per heavy atom. The Hall–Kier alpha value is -0.610. The average molecular weight is 269 g/mol. The number of hydrogen-bond donors (Lipinski definition) is 1. The van der Waals surface area contributed by atoms with Gasteiger partial charge < -0.3 is 15.5 Å². The van der Waals surface area contributed by atoms with E-state index >= 15 is 0 Å². The molecule has 1 saturated heterocycles. The number of likely N-dealkylation sites (tertiary alicyclic amines) is 1. The van der Waals surface area contributed by atoms with E-state index < -0.39 is 0 Å². The summed E-state index contributed by atoms with van der Waals surface area (Å²) in [4.78, 5) is 16.5. The fourth-order valence-electron chi connectivity index (χ4n) is 2.90. The molecule has 4 nitrogen and oxygen atoms in total. The van der Waals surface area contributed by atoms with Crippen LogP contribution in [0.5, 0.6) is 0 Å². The van der Waals surface area contributed by atoms with Crippen LogP contribution in [0.4, 0.5) is 0 Å². The molecule has 0 aromatic rings. The van der Waals surface area contributed by atoms with Gasteiger partial charge in [0, 0.05) is 32.1 Å². The molecule has 0 aromatic carbocycles. The summed E-state index contributed by atoms with van der Waals surface area (Å²) >= 11 is 0. The summed E-state index contributed by atoms with van der Waals surface area (Å²) in [5, 5.41) is 0. The van der Waals surface area contributed by atoms with Gasteiger partial charge in [0.15, 0.2) is 0 Å². The molecule has 3 atom stereocenters. The van der Waals surface area contributed by atoms with Crippen molar-refractivity contribution in [2.24, 2.45) is 17.6 Å². The minimum Gasteiger partial charge on any atom is -0.345 e. The number of rotatable bonds is 7. The van der Waals surface area contributed by atoms with Gasteiger partial charge in [0.2, 0.25) is 5.91 Å². The van der Waals surface area contributed by atoms with Crippen molar-refractivity contribution in [3.8, 4) is 0 Å². The summed E-state index contributed by atoms with van der Waals surface area (Å²) in [5.41, 5.74) is 5.74. The molecule has 3 unspecified atom stereocenters. The normalized spacial score (nSPS) is 23.3. The molecule has 0 radical (unpaired) electrons. The Labute approximate surface area is 118 Å². The number of nitrogens with two attached hydrogens (primary N) is 1. The molecule has 0 spiro atoms. The van der Waals surface area contributed by atoms with E-state index in [9.17, 15) is 4.79 Å². The maximum atomic E-state index is 12.3. The number of hydrogen-bond acceptors (Lipinski definition) is 3. The standard InChI is InChI=1S/C15H31N3O/c1-12(6-5-7-13(2)16)15(19)18(4)11-14-8-9-17(3)10-14/h12-14H,5-11,16H2,1-4H3. The average Bonchev–Trinajstić information content (AvgIpc) is 2.73. The van der Waals surface area contributed by atoms with Gasteiger partial charge in [0.1, 0.15) is 0 Å². The van der Waals surface area contributed by atoms with Gasteiger partial charge in [-0.05, 0) is 45.7 Å². The summed E-state index contributed by atoms with van der Waals surface area (Å²) in [6, 6.07) is 0.244. The zero-order valence-corrected chi connectivity index (χ0v) is 13.1. The van der Waals surface area contributed by atoms with E-state index in [1.54, 1.807) is 0 Å². The zero-order valence-electron chi connectivity index (χ0n) is 13.1. The lowest BCUT2D eigenvalue weighted by Gasteiger charge is -2.24. The van der Waals surface area contributed by atoms with Crippen LogP contribution in [0.3, 0.4) is 0 Å². The first-order valence-electron chi connectivity index (χ1n) is 7.59. The lowest BCUT2D eigenvalue weighted by molar-refractivity contribution is -0.134. The Bertz CT molecular complexity index is 281. The Balaban J connectivity index is 2.26. The quantitative estimate of drug-likeness (QED) is 0.763. The van der Waals surface area contributed by atoms with Gasteiger partial charge in [0.25, 0.3) is 0 Å². The van der Waals surface area contributed by atoms with E-state index in [0.717, 1.165) is 38.9 Å². The molecule has 1 heterocycles. The Kier molecular flexibility index (Phi) is 6.80. The molecular weight excluding hydrogens is 238 g/mol. The van der Waals surface area contributed by atoms with Crippen LogP contribution in [0.15, 0.2) is 0 Å². The largest absolute Gasteiger partial charge is 0.345 e. The second kappa shape index (κ2) is 7.85. The zero-order chi connectivity index (χ0) is 14.4. The predicted molar refractivity (Wildman–Crippen MR) is 79.9 cm³/mol. The van der Waals surface area contributed by atoms with Gasteiger partial charge in [-0.3, -0.25) is 4.79 Å². The topological polar surface area (TPSA) is 49.6 Å². The lowest BCUT2D eigenvalue weighted by Crippen LogP contribution is -2.36. The minimum atomic E-state index is 0.128. The minimum absolute atomic E-state index is 0.128. The first-order chi connectivity index (χ1) is 8.90. The Morgan fingerprint density at radius 1 is 1.42 bits per heavy atom. The summed E-state index contributed by atoms with van der Waals surface area (Å²) < 4.78 is 0. The molecule has 1 aliphatic rings. The third kappa shape index (κ3) is 5.91. The predicted octanol–water partition coefficient (Wildman–Crippen LogP) is 1.55. The monoisotopic (exact) mass is 269 g/mol. The van der Waals surface area contributed by atoms with E-state index in [1.165, 1.54) is 6.42 Å². The van der Waals surface area contributed by atoms with Crippen LogP contribution in [0.2, 0.25) is 0 Å². The highest BCUT2D eigenvalue weighted by Gasteiger charge is 2.24. The summed E-state index contributed by atoms with van der Waals surface area (Å²) in [7, 11) is 4.10. The molecule has 0 aromatic heterocycles. The molecule has 4 heteroatoms. The van der Waals surface area contributed by atoms with Crippen LogP contribution in [-0.2, 0) is 4.79 Å². The van der Waals surface area contributed by atoms with E-state index in [-0.39, 0.29) is 12.0 Å². The summed E-state index contributed by atoms with van der Waals surface area (Å²) in [6.45, 7) is 7.25.